The minimum Gasteiger partial charge on any atom is -0.489 e. The molecule has 0 aliphatic carbocycles. The fourth-order valence-corrected chi connectivity index (χ4v) is 3.26. The molecule has 0 aromatic heterocycles. The van der Waals surface area contributed by atoms with Crippen LogP contribution in [-0.2, 0) is 20.9 Å². The van der Waals surface area contributed by atoms with Gasteiger partial charge in [-0.3, -0.25) is 9.59 Å². The number of ether oxygens (including phenoxy) is 2. The third kappa shape index (κ3) is 5.57. The maximum atomic E-state index is 12.5. The van der Waals surface area contributed by atoms with Gasteiger partial charge in [-0.25, -0.2) is 4.79 Å². The zero-order chi connectivity index (χ0) is 20.6. The zero-order valence-electron chi connectivity index (χ0n) is 16.1. The van der Waals surface area contributed by atoms with E-state index in [-0.39, 0.29) is 31.6 Å². The van der Waals surface area contributed by atoms with Crippen LogP contribution in [0.15, 0.2) is 54.6 Å². The first-order chi connectivity index (χ1) is 14.0. The summed E-state index contributed by atoms with van der Waals surface area (Å²) >= 11 is 0. The van der Waals surface area contributed by atoms with Gasteiger partial charge < -0.3 is 20.1 Å². The third-order valence-corrected chi connectivity index (χ3v) is 4.88. The van der Waals surface area contributed by atoms with Crippen LogP contribution in [-0.4, -0.2) is 42.4 Å². The van der Waals surface area contributed by atoms with Crippen LogP contribution in [0.25, 0.3) is 0 Å². The van der Waals surface area contributed by atoms with Crippen LogP contribution in [0.2, 0.25) is 0 Å². The Kier molecular flexibility index (Phi) is 6.84. The number of carbonyl (C=O) groups excluding carboxylic acids is 3. The molecule has 152 valence electrons. The quantitative estimate of drug-likeness (QED) is 0.723. The normalized spacial score (nSPS) is 16.1. The van der Waals surface area contributed by atoms with Crippen molar-refractivity contribution >= 4 is 17.8 Å². The number of likely N-dealkylation sites (tertiary alicyclic amines) is 1. The average molecular weight is 396 g/mol. The summed E-state index contributed by atoms with van der Waals surface area (Å²) in [5.41, 5.74) is 6.36. The number of esters is 1. The molecule has 0 bridgehead atoms. The predicted octanol–water partition coefficient (Wildman–Crippen LogP) is 2.15. The summed E-state index contributed by atoms with van der Waals surface area (Å²) in [5, 5.41) is 0. The number of para-hydroxylation sites is 1. The molecule has 1 fully saturated rings. The van der Waals surface area contributed by atoms with E-state index in [0.29, 0.717) is 36.3 Å². The van der Waals surface area contributed by atoms with E-state index in [1.165, 1.54) is 4.90 Å². The molecule has 0 radical (unpaired) electrons. The lowest BCUT2D eigenvalue weighted by Crippen LogP contribution is -2.45. The highest BCUT2D eigenvalue weighted by Crippen LogP contribution is 2.18. The number of nitrogens with zero attached hydrogens (tertiary/aromatic N) is 1. The van der Waals surface area contributed by atoms with Gasteiger partial charge in [-0.15, -0.1) is 0 Å². The summed E-state index contributed by atoms with van der Waals surface area (Å²) in [4.78, 5) is 37.8. The summed E-state index contributed by atoms with van der Waals surface area (Å²) in [5.74, 6) is -0.984. The van der Waals surface area contributed by atoms with Crippen molar-refractivity contribution < 1.29 is 23.9 Å². The third-order valence-electron chi connectivity index (χ3n) is 4.88. The van der Waals surface area contributed by atoms with Gasteiger partial charge in [0.1, 0.15) is 12.4 Å². The van der Waals surface area contributed by atoms with Crippen LogP contribution in [0, 0.1) is 5.92 Å². The first-order valence-corrected chi connectivity index (χ1v) is 9.54. The van der Waals surface area contributed by atoms with Gasteiger partial charge in [0, 0.05) is 18.7 Å². The monoisotopic (exact) mass is 396 g/mol. The van der Waals surface area contributed by atoms with Crippen molar-refractivity contribution in [3.63, 3.8) is 0 Å². The molecule has 2 N–H and O–H groups in total. The Bertz CT molecular complexity index is 869. The number of hydrogen-bond acceptors (Lipinski definition) is 5. The Labute approximate surface area is 169 Å². The topological polar surface area (TPSA) is 98.9 Å². The standard InChI is InChI=1S/C22H24N2O5/c23-21(26)16-8-6-12-24(13-16)20(25)15-29-22(27)19-11-5-4-7-17(19)14-28-18-9-2-1-3-10-18/h1-5,7,9-11,16H,6,8,12-15H2,(H2,23,26)/t16-/m1/s1. The van der Waals surface area contributed by atoms with Crippen LogP contribution in [0.4, 0.5) is 0 Å². The Morgan fingerprint density at radius 3 is 2.52 bits per heavy atom. The van der Waals surface area contributed by atoms with Gasteiger partial charge in [-0.2, -0.15) is 0 Å². The highest BCUT2D eigenvalue weighted by Gasteiger charge is 2.27. The number of rotatable bonds is 7. The molecule has 1 aliphatic rings. The number of nitrogens with two attached hydrogens (primary N) is 1. The number of hydrogen-bond donors (Lipinski definition) is 1. The second-order valence-corrected chi connectivity index (χ2v) is 6.92. The van der Waals surface area contributed by atoms with Gasteiger partial charge in [0.25, 0.3) is 5.91 Å². The van der Waals surface area contributed by atoms with E-state index in [2.05, 4.69) is 0 Å². The molecule has 1 saturated heterocycles. The lowest BCUT2D eigenvalue weighted by atomic mass is 9.97. The molecule has 1 heterocycles. The molecule has 1 aliphatic heterocycles. The van der Waals surface area contributed by atoms with Crippen molar-refractivity contribution in [3.05, 3.63) is 65.7 Å². The van der Waals surface area contributed by atoms with Crippen molar-refractivity contribution in [2.24, 2.45) is 11.7 Å². The number of amides is 2. The van der Waals surface area contributed by atoms with E-state index in [1.54, 1.807) is 18.2 Å². The second-order valence-electron chi connectivity index (χ2n) is 6.92. The van der Waals surface area contributed by atoms with Gasteiger partial charge in [0.2, 0.25) is 5.91 Å². The fraction of sp³-hybridized carbons (Fsp3) is 0.318. The highest BCUT2D eigenvalue weighted by atomic mass is 16.5. The van der Waals surface area contributed by atoms with Gasteiger partial charge in [-0.05, 0) is 31.0 Å². The second kappa shape index (κ2) is 9.73. The van der Waals surface area contributed by atoms with Crippen molar-refractivity contribution in [1.29, 1.82) is 0 Å². The molecule has 29 heavy (non-hydrogen) atoms. The van der Waals surface area contributed by atoms with E-state index in [1.807, 2.05) is 36.4 Å². The first-order valence-electron chi connectivity index (χ1n) is 9.54. The minimum atomic E-state index is -0.589. The molecule has 7 heteroatoms. The van der Waals surface area contributed by atoms with Crippen molar-refractivity contribution in [2.45, 2.75) is 19.4 Å². The molecule has 1 atom stereocenters. The van der Waals surface area contributed by atoms with Crippen LogP contribution < -0.4 is 10.5 Å². The van der Waals surface area contributed by atoms with E-state index in [0.717, 1.165) is 0 Å². The van der Waals surface area contributed by atoms with Crippen molar-refractivity contribution in [2.75, 3.05) is 19.7 Å². The maximum absolute atomic E-state index is 12.5. The lowest BCUT2D eigenvalue weighted by Gasteiger charge is -2.31. The molecule has 2 amide bonds. The van der Waals surface area contributed by atoms with Gasteiger partial charge in [0.05, 0.1) is 11.5 Å². The Hall–Kier alpha value is -3.35. The number of carbonyl (C=O) groups is 3. The molecule has 2 aromatic carbocycles. The molecular formula is C22H24N2O5. The first kappa shape index (κ1) is 20.4. The molecular weight excluding hydrogens is 372 g/mol. The van der Waals surface area contributed by atoms with Crippen LogP contribution in [0.5, 0.6) is 5.75 Å². The SMILES string of the molecule is NC(=O)[C@@H]1CCCN(C(=O)COC(=O)c2ccccc2COc2ccccc2)C1. The number of piperidine rings is 1. The zero-order valence-corrected chi connectivity index (χ0v) is 16.1. The Morgan fingerprint density at radius 1 is 1.03 bits per heavy atom. The summed E-state index contributed by atoms with van der Waals surface area (Å²) in [6, 6.07) is 16.2. The fourth-order valence-electron chi connectivity index (χ4n) is 3.26. The minimum absolute atomic E-state index is 0.204. The lowest BCUT2D eigenvalue weighted by molar-refractivity contribution is -0.137. The average Bonchev–Trinajstić information content (AvgIpc) is 2.76. The molecule has 2 aromatic rings. The highest BCUT2D eigenvalue weighted by molar-refractivity contribution is 5.92. The molecule has 7 nitrogen and oxygen atoms in total. The maximum Gasteiger partial charge on any atom is 0.339 e. The van der Waals surface area contributed by atoms with Crippen LogP contribution in [0.1, 0.15) is 28.8 Å². The number of benzene rings is 2. The van der Waals surface area contributed by atoms with Gasteiger partial charge in [0.15, 0.2) is 6.61 Å². The predicted molar refractivity (Wildman–Crippen MR) is 106 cm³/mol. The number of primary amides is 1. The van der Waals surface area contributed by atoms with Crippen molar-refractivity contribution in [1.82, 2.24) is 4.90 Å². The summed E-state index contributed by atoms with van der Waals surface area (Å²) in [7, 11) is 0. The summed E-state index contributed by atoms with van der Waals surface area (Å²) < 4.78 is 10.9. The van der Waals surface area contributed by atoms with Crippen LogP contribution >= 0.6 is 0 Å². The van der Waals surface area contributed by atoms with E-state index >= 15 is 0 Å². The summed E-state index contributed by atoms with van der Waals surface area (Å²) in [6.45, 7) is 0.628. The van der Waals surface area contributed by atoms with E-state index in [4.69, 9.17) is 15.2 Å². The van der Waals surface area contributed by atoms with Crippen LogP contribution in [0.3, 0.4) is 0 Å². The summed E-state index contributed by atoms with van der Waals surface area (Å²) in [6.07, 6.45) is 1.38. The van der Waals surface area contributed by atoms with Gasteiger partial charge in [-0.1, -0.05) is 36.4 Å². The molecule has 0 unspecified atom stereocenters. The van der Waals surface area contributed by atoms with Crippen molar-refractivity contribution in [3.8, 4) is 5.75 Å². The molecule has 0 saturated carbocycles. The molecule has 0 spiro atoms. The largest absolute Gasteiger partial charge is 0.489 e. The van der Waals surface area contributed by atoms with Gasteiger partial charge >= 0.3 is 5.97 Å². The Morgan fingerprint density at radius 2 is 1.76 bits per heavy atom. The van der Waals surface area contributed by atoms with E-state index < -0.39 is 11.9 Å². The molecule has 3 rings (SSSR count). The Balaban J connectivity index is 1.56. The van der Waals surface area contributed by atoms with E-state index in [9.17, 15) is 14.4 Å². The smallest absolute Gasteiger partial charge is 0.339 e.